The second-order valence-corrected chi connectivity index (χ2v) is 6.76. The molecule has 1 fully saturated rings. The molecular formula is C18H21ClN4O3. The molecule has 1 aromatic heterocycles. The third kappa shape index (κ3) is 4.83. The Balaban J connectivity index is 1.48. The van der Waals surface area contributed by atoms with Crippen LogP contribution in [0.5, 0.6) is 0 Å². The first-order chi connectivity index (χ1) is 12.5. The van der Waals surface area contributed by atoms with Gasteiger partial charge in [0.25, 0.3) is 0 Å². The van der Waals surface area contributed by atoms with E-state index in [0.29, 0.717) is 29.6 Å². The molecule has 3 rings (SSSR count). The molecule has 1 saturated heterocycles. The van der Waals surface area contributed by atoms with Crippen LogP contribution in [-0.2, 0) is 16.0 Å². The summed E-state index contributed by atoms with van der Waals surface area (Å²) in [5.41, 5.74) is 1.35. The zero-order chi connectivity index (χ0) is 18.5. The Morgan fingerprint density at radius 3 is 2.58 bits per heavy atom. The highest BCUT2D eigenvalue weighted by molar-refractivity contribution is 6.30. The average Bonchev–Trinajstić information content (AvgIpc) is 3.09. The van der Waals surface area contributed by atoms with Crippen LogP contribution in [0.15, 0.2) is 34.9 Å². The number of nitrogens with one attached hydrogen (secondary N) is 1. The van der Waals surface area contributed by atoms with Crippen molar-refractivity contribution in [2.75, 3.05) is 39.8 Å². The van der Waals surface area contributed by atoms with Gasteiger partial charge in [-0.15, -0.1) is 0 Å². The number of hydrogen-bond donors (Lipinski definition) is 1. The quantitative estimate of drug-likeness (QED) is 0.854. The van der Waals surface area contributed by atoms with Gasteiger partial charge >= 0.3 is 0 Å². The van der Waals surface area contributed by atoms with Gasteiger partial charge in [-0.3, -0.25) is 9.59 Å². The molecule has 1 aliphatic heterocycles. The predicted octanol–water partition coefficient (Wildman–Crippen LogP) is 1.43. The van der Waals surface area contributed by atoms with Crippen molar-refractivity contribution in [3.63, 3.8) is 0 Å². The van der Waals surface area contributed by atoms with E-state index in [2.05, 4.69) is 15.4 Å². The molecule has 1 aromatic carbocycles. The molecule has 0 saturated carbocycles. The third-order valence-corrected chi connectivity index (χ3v) is 4.57. The lowest BCUT2D eigenvalue weighted by atomic mass is 10.1. The molecule has 1 aliphatic rings. The Kier molecular flexibility index (Phi) is 5.90. The number of piperazine rings is 1. The standard InChI is InChI=1S/C18H21ClN4O3/c1-22-6-8-23(9-7-22)18(25)12-20-17(24)11-15-10-16(26-21-15)13-2-4-14(19)5-3-13/h2-5,10H,6-9,11-12H2,1H3,(H,20,24). The first kappa shape index (κ1) is 18.4. The van der Waals surface area contributed by atoms with Gasteiger partial charge in [0.05, 0.1) is 18.7 Å². The molecule has 0 unspecified atom stereocenters. The van der Waals surface area contributed by atoms with Gasteiger partial charge in [0.2, 0.25) is 11.8 Å². The van der Waals surface area contributed by atoms with Crippen LogP contribution in [0.25, 0.3) is 11.3 Å². The minimum Gasteiger partial charge on any atom is -0.356 e. The van der Waals surface area contributed by atoms with Crippen LogP contribution in [0.3, 0.4) is 0 Å². The number of carbonyl (C=O) groups is 2. The number of amides is 2. The summed E-state index contributed by atoms with van der Waals surface area (Å²) in [4.78, 5) is 28.1. The minimum atomic E-state index is -0.261. The maximum atomic E-state index is 12.1. The molecule has 0 radical (unpaired) electrons. The molecule has 8 heteroatoms. The Morgan fingerprint density at radius 2 is 1.88 bits per heavy atom. The van der Waals surface area contributed by atoms with Gasteiger partial charge in [-0.1, -0.05) is 16.8 Å². The topological polar surface area (TPSA) is 78.7 Å². The number of carbonyl (C=O) groups excluding carboxylic acids is 2. The molecule has 138 valence electrons. The van der Waals surface area contributed by atoms with Crippen LogP contribution in [0.2, 0.25) is 5.02 Å². The van der Waals surface area contributed by atoms with Crippen molar-refractivity contribution in [1.82, 2.24) is 20.3 Å². The van der Waals surface area contributed by atoms with Crippen LogP contribution in [0, 0.1) is 0 Å². The van der Waals surface area contributed by atoms with E-state index in [1.807, 2.05) is 19.2 Å². The highest BCUT2D eigenvalue weighted by Gasteiger charge is 2.19. The van der Waals surface area contributed by atoms with Gasteiger partial charge < -0.3 is 19.6 Å². The smallest absolute Gasteiger partial charge is 0.242 e. The van der Waals surface area contributed by atoms with Crippen LogP contribution in [0.1, 0.15) is 5.69 Å². The van der Waals surface area contributed by atoms with E-state index in [-0.39, 0.29) is 24.8 Å². The SMILES string of the molecule is CN1CCN(C(=O)CNC(=O)Cc2cc(-c3ccc(Cl)cc3)on2)CC1. The lowest BCUT2D eigenvalue weighted by Crippen LogP contribution is -2.50. The predicted molar refractivity (Wildman–Crippen MR) is 97.7 cm³/mol. The number of likely N-dealkylation sites (N-methyl/N-ethyl adjacent to an activating group) is 1. The van der Waals surface area contributed by atoms with Crippen LogP contribution < -0.4 is 5.32 Å². The number of rotatable bonds is 5. The fourth-order valence-electron chi connectivity index (χ4n) is 2.71. The second-order valence-electron chi connectivity index (χ2n) is 6.33. The largest absolute Gasteiger partial charge is 0.356 e. The Labute approximate surface area is 156 Å². The average molecular weight is 377 g/mol. The van der Waals surface area contributed by atoms with Crippen molar-refractivity contribution >= 4 is 23.4 Å². The highest BCUT2D eigenvalue weighted by Crippen LogP contribution is 2.22. The Morgan fingerprint density at radius 1 is 1.19 bits per heavy atom. The molecule has 0 spiro atoms. The monoisotopic (exact) mass is 376 g/mol. The van der Waals surface area contributed by atoms with Gasteiger partial charge in [0.1, 0.15) is 0 Å². The molecule has 2 aromatic rings. The zero-order valence-electron chi connectivity index (χ0n) is 14.6. The van der Waals surface area contributed by atoms with Crippen molar-refractivity contribution in [2.24, 2.45) is 0 Å². The molecule has 0 atom stereocenters. The normalized spacial score (nSPS) is 15.1. The molecule has 0 aliphatic carbocycles. The van der Waals surface area contributed by atoms with E-state index in [1.54, 1.807) is 23.1 Å². The van der Waals surface area contributed by atoms with Gasteiger partial charge in [-0.05, 0) is 31.3 Å². The van der Waals surface area contributed by atoms with E-state index < -0.39 is 0 Å². The van der Waals surface area contributed by atoms with E-state index >= 15 is 0 Å². The molecule has 2 heterocycles. The molecule has 0 bridgehead atoms. The van der Waals surface area contributed by atoms with Crippen LogP contribution in [-0.4, -0.2) is 66.5 Å². The molecule has 2 amide bonds. The third-order valence-electron chi connectivity index (χ3n) is 4.32. The minimum absolute atomic E-state index is 0.00441. The summed E-state index contributed by atoms with van der Waals surface area (Å²) >= 11 is 5.86. The van der Waals surface area contributed by atoms with Gasteiger partial charge in [0, 0.05) is 42.8 Å². The van der Waals surface area contributed by atoms with Gasteiger partial charge in [-0.25, -0.2) is 0 Å². The summed E-state index contributed by atoms with van der Waals surface area (Å²) < 4.78 is 5.27. The fraction of sp³-hybridized carbons (Fsp3) is 0.389. The Bertz CT molecular complexity index is 767. The van der Waals surface area contributed by atoms with E-state index in [9.17, 15) is 9.59 Å². The summed E-state index contributed by atoms with van der Waals surface area (Å²) in [7, 11) is 2.03. The molecule has 1 N–H and O–H groups in total. The number of halogens is 1. The van der Waals surface area contributed by atoms with Gasteiger partial charge in [0.15, 0.2) is 5.76 Å². The molecular weight excluding hydrogens is 356 g/mol. The maximum absolute atomic E-state index is 12.1. The lowest BCUT2D eigenvalue weighted by Gasteiger charge is -2.32. The molecule has 7 nitrogen and oxygen atoms in total. The fourth-order valence-corrected chi connectivity index (χ4v) is 2.84. The summed E-state index contributed by atoms with van der Waals surface area (Å²) in [5, 5.41) is 7.20. The van der Waals surface area contributed by atoms with Crippen molar-refractivity contribution in [2.45, 2.75) is 6.42 Å². The van der Waals surface area contributed by atoms with Crippen molar-refractivity contribution < 1.29 is 14.1 Å². The first-order valence-corrected chi connectivity index (χ1v) is 8.83. The van der Waals surface area contributed by atoms with Crippen molar-refractivity contribution in [3.05, 3.63) is 41.0 Å². The van der Waals surface area contributed by atoms with E-state index in [1.165, 1.54) is 0 Å². The number of hydrogen-bond acceptors (Lipinski definition) is 5. The maximum Gasteiger partial charge on any atom is 0.242 e. The highest BCUT2D eigenvalue weighted by atomic mass is 35.5. The zero-order valence-corrected chi connectivity index (χ0v) is 15.3. The lowest BCUT2D eigenvalue weighted by molar-refractivity contribution is -0.134. The summed E-state index contributed by atoms with van der Waals surface area (Å²) in [6, 6.07) is 8.87. The van der Waals surface area contributed by atoms with Crippen LogP contribution in [0.4, 0.5) is 0 Å². The summed E-state index contributed by atoms with van der Waals surface area (Å²) in [5.74, 6) is 0.245. The number of aromatic nitrogens is 1. The second kappa shape index (κ2) is 8.33. The van der Waals surface area contributed by atoms with E-state index in [0.717, 1.165) is 18.7 Å². The van der Waals surface area contributed by atoms with Crippen molar-refractivity contribution in [1.29, 1.82) is 0 Å². The summed E-state index contributed by atoms with van der Waals surface area (Å²) in [6.07, 6.45) is 0.0626. The number of nitrogens with zero attached hydrogens (tertiary/aromatic N) is 3. The Hall–Kier alpha value is -2.38. The van der Waals surface area contributed by atoms with Gasteiger partial charge in [-0.2, -0.15) is 0 Å². The molecule has 26 heavy (non-hydrogen) atoms. The van der Waals surface area contributed by atoms with Crippen LogP contribution >= 0.6 is 11.6 Å². The number of benzene rings is 1. The van der Waals surface area contributed by atoms with Crippen molar-refractivity contribution in [3.8, 4) is 11.3 Å². The first-order valence-electron chi connectivity index (χ1n) is 8.46. The summed E-state index contributed by atoms with van der Waals surface area (Å²) in [6.45, 7) is 3.10. The van der Waals surface area contributed by atoms with E-state index in [4.69, 9.17) is 16.1 Å².